The smallest absolute Gasteiger partial charge is 0.194 e. The largest absolute Gasteiger partial charge is 0.446 e. The molecule has 0 unspecified atom stereocenters. The van der Waals surface area contributed by atoms with E-state index in [1.54, 1.807) is 6.20 Å². The van der Waals surface area contributed by atoms with Gasteiger partial charge >= 0.3 is 0 Å². The molecule has 0 radical (unpaired) electrons. The van der Waals surface area contributed by atoms with Gasteiger partial charge in [0.15, 0.2) is 5.89 Å². The minimum Gasteiger partial charge on any atom is -0.446 e. The molecule has 0 aliphatic heterocycles. The van der Waals surface area contributed by atoms with Crippen molar-refractivity contribution < 1.29 is 4.42 Å². The van der Waals surface area contributed by atoms with E-state index in [9.17, 15) is 0 Å². The summed E-state index contributed by atoms with van der Waals surface area (Å²) in [5.41, 5.74) is 0. The van der Waals surface area contributed by atoms with Crippen molar-refractivity contribution >= 4 is 0 Å². The van der Waals surface area contributed by atoms with E-state index in [1.165, 1.54) is 32.1 Å². The summed E-state index contributed by atoms with van der Waals surface area (Å²) in [4.78, 5) is 4.17. The van der Waals surface area contributed by atoms with Gasteiger partial charge in [-0.15, -0.1) is 0 Å². The second-order valence-electron chi connectivity index (χ2n) is 3.53. The highest BCUT2D eigenvalue weighted by Gasteiger charge is 1.99. The van der Waals surface area contributed by atoms with Gasteiger partial charge in [0, 0.05) is 6.42 Å². The van der Waals surface area contributed by atoms with E-state index >= 15 is 0 Å². The number of hydrogen-bond acceptors (Lipinski definition) is 2. The number of aryl methyl sites for hydroxylation is 2. The summed E-state index contributed by atoms with van der Waals surface area (Å²) in [6.45, 7) is 4.17. The fourth-order valence-electron chi connectivity index (χ4n) is 1.40. The molecular weight excluding hydrogens is 162 g/mol. The molecule has 0 saturated heterocycles. The SMILES string of the molecule is CCCCCCCc1ncc(C)o1. The zero-order chi connectivity index (χ0) is 9.52. The summed E-state index contributed by atoms with van der Waals surface area (Å²) in [6, 6.07) is 0. The van der Waals surface area contributed by atoms with E-state index in [0.29, 0.717) is 0 Å². The molecule has 1 rings (SSSR count). The van der Waals surface area contributed by atoms with Crippen molar-refractivity contribution in [2.75, 3.05) is 0 Å². The minimum atomic E-state index is 0.897. The summed E-state index contributed by atoms with van der Waals surface area (Å²) >= 11 is 0. The number of hydrogen-bond donors (Lipinski definition) is 0. The van der Waals surface area contributed by atoms with Crippen molar-refractivity contribution in [3.63, 3.8) is 0 Å². The molecule has 2 heteroatoms. The molecule has 0 saturated carbocycles. The van der Waals surface area contributed by atoms with E-state index in [0.717, 1.165) is 18.1 Å². The normalized spacial score (nSPS) is 10.6. The molecule has 0 aliphatic carbocycles. The molecule has 0 spiro atoms. The molecule has 0 N–H and O–H groups in total. The Labute approximate surface area is 80.4 Å². The first-order valence-electron chi connectivity index (χ1n) is 5.24. The fourth-order valence-corrected chi connectivity index (χ4v) is 1.40. The number of rotatable bonds is 6. The Balaban J connectivity index is 2.06. The van der Waals surface area contributed by atoms with Gasteiger partial charge in [-0.05, 0) is 13.3 Å². The highest BCUT2D eigenvalue weighted by Crippen LogP contribution is 2.08. The fraction of sp³-hybridized carbons (Fsp3) is 0.727. The number of unbranched alkanes of at least 4 members (excludes halogenated alkanes) is 4. The van der Waals surface area contributed by atoms with Crippen molar-refractivity contribution in [3.8, 4) is 0 Å². The van der Waals surface area contributed by atoms with E-state index in [4.69, 9.17) is 4.42 Å². The van der Waals surface area contributed by atoms with Crippen LogP contribution in [0, 0.1) is 6.92 Å². The molecule has 0 aromatic carbocycles. The van der Waals surface area contributed by atoms with E-state index < -0.39 is 0 Å². The average molecular weight is 181 g/mol. The van der Waals surface area contributed by atoms with Crippen LogP contribution in [0.5, 0.6) is 0 Å². The van der Waals surface area contributed by atoms with E-state index in [-0.39, 0.29) is 0 Å². The average Bonchev–Trinajstić information content (AvgIpc) is 2.51. The van der Waals surface area contributed by atoms with Crippen LogP contribution in [0.15, 0.2) is 10.6 Å². The highest BCUT2D eigenvalue weighted by molar-refractivity contribution is 4.90. The molecule has 0 bridgehead atoms. The van der Waals surface area contributed by atoms with Crippen molar-refractivity contribution in [2.45, 2.75) is 52.4 Å². The Morgan fingerprint density at radius 2 is 2.00 bits per heavy atom. The molecule has 1 heterocycles. The van der Waals surface area contributed by atoms with Gasteiger partial charge in [-0.2, -0.15) is 0 Å². The maximum Gasteiger partial charge on any atom is 0.194 e. The quantitative estimate of drug-likeness (QED) is 0.628. The maximum absolute atomic E-state index is 5.38. The van der Waals surface area contributed by atoms with Gasteiger partial charge in [-0.25, -0.2) is 4.98 Å². The van der Waals surface area contributed by atoms with Gasteiger partial charge in [0.2, 0.25) is 0 Å². The first kappa shape index (κ1) is 10.3. The minimum absolute atomic E-state index is 0.897. The van der Waals surface area contributed by atoms with Crippen molar-refractivity contribution in [2.24, 2.45) is 0 Å². The van der Waals surface area contributed by atoms with Crippen LogP contribution in [0.4, 0.5) is 0 Å². The summed E-state index contributed by atoms with van der Waals surface area (Å²) in [5, 5.41) is 0. The highest BCUT2D eigenvalue weighted by atomic mass is 16.3. The predicted octanol–water partition coefficient (Wildman–Crippen LogP) is 3.50. The van der Waals surface area contributed by atoms with Gasteiger partial charge < -0.3 is 4.42 Å². The van der Waals surface area contributed by atoms with Crippen LogP contribution < -0.4 is 0 Å². The third-order valence-electron chi connectivity index (χ3n) is 2.16. The molecule has 0 amide bonds. The molecule has 0 aliphatic rings. The Morgan fingerprint density at radius 3 is 2.62 bits per heavy atom. The van der Waals surface area contributed by atoms with Crippen LogP contribution in [0.2, 0.25) is 0 Å². The topological polar surface area (TPSA) is 26.0 Å². The lowest BCUT2D eigenvalue weighted by atomic mass is 10.1. The zero-order valence-corrected chi connectivity index (χ0v) is 8.68. The second-order valence-corrected chi connectivity index (χ2v) is 3.53. The first-order valence-corrected chi connectivity index (χ1v) is 5.24. The predicted molar refractivity (Wildman–Crippen MR) is 53.7 cm³/mol. The van der Waals surface area contributed by atoms with Gasteiger partial charge in [-0.3, -0.25) is 0 Å². The summed E-state index contributed by atoms with van der Waals surface area (Å²) in [6.07, 6.45) is 9.30. The van der Waals surface area contributed by atoms with E-state index in [1.807, 2.05) is 6.92 Å². The molecule has 0 atom stereocenters. The van der Waals surface area contributed by atoms with Gasteiger partial charge in [0.05, 0.1) is 6.20 Å². The van der Waals surface area contributed by atoms with Crippen LogP contribution in [0.1, 0.15) is 50.7 Å². The monoisotopic (exact) mass is 181 g/mol. The third kappa shape index (κ3) is 4.11. The van der Waals surface area contributed by atoms with Crippen LogP contribution in [-0.4, -0.2) is 4.98 Å². The molecule has 1 aromatic rings. The molecule has 74 valence electrons. The van der Waals surface area contributed by atoms with Crippen LogP contribution in [0.3, 0.4) is 0 Å². The summed E-state index contributed by atoms with van der Waals surface area (Å²) in [5.74, 6) is 1.82. The first-order chi connectivity index (χ1) is 6.33. The second kappa shape index (κ2) is 5.79. The maximum atomic E-state index is 5.38. The summed E-state index contributed by atoms with van der Waals surface area (Å²) in [7, 11) is 0. The Morgan fingerprint density at radius 1 is 1.23 bits per heavy atom. The van der Waals surface area contributed by atoms with Crippen LogP contribution >= 0.6 is 0 Å². The van der Waals surface area contributed by atoms with Crippen molar-refractivity contribution in [1.29, 1.82) is 0 Å². The Bertz CT molecular complexity index is 230. The molecule has 2 nitrogen and oxygen atoms in total. The lowest BCUT2D eigenvalue weighted by Gasteiger charge is -1.96. The van der Waals surface area contributed by atoms with Crippen LogP contribution in [0.25, 0.3) is 0 Å². The van der Waals surface area contributed by atoms with Crippen molar-refractivity contribution in [1.82, 2.24) is 4.98 Å². The van der Waals surface area contributed by atoms with Gasteiger partial charge in [0.25, 0.3) is 0 Å². The third-order valence-corrected chi connectivity index (χ3v) is 2.16. The lowest BCUT2D eigenvalue weighted by Crippen LogP contribution is -1.85. The van der Waals surface area contributed by atoms with E-state index in [2.05, 4.69) is 11.9 Å². The van der Waals surface area contributed by atoms with Gasteiger partial charge in [0.1, 0.15) is 5.76 Å². The molecular formula is C11H19NO. The number of aromatic nitrogens is 1. The molecule has 13 heavy (non-hydrogen) atoms. The lowest BCUT2D eigenvalue weighted by molar-refractivity contribution is 0.459. The standard InChI is InChI=1S/C11H19NO/c1-3-4-5-6-7-8-11-12-9-10(2)13-11/h9H,3-8H2,1-2H3. The van der Waals surface area contributed by atoms with Crippen molar-refractivity contribution in [3.05, 3.63) is 17.8 Å². The molecule has 1 aromatic heterocycles. The molecule has 0 fully saturated rings. The van der Waals surface area contributed by atoms with Gasteiger partial charge in [-0.1, -0.05) is 32.6 Å². The number of oxazole rings is 1. The Kier molecular flexibility index (Phi) is 4.58. The zero-order valence-electron chi connectivity index (χ0n) is 8.68. The number of nitrogens with zero attached hydrogens (tertiary/aromatic N) is 1. The summed E-state index contributed by atoms with van der Waals surface area (Å²) < 4.78 is 5.38. The van der Waals surface area contributed by atoms with Crippen LogP contribution in [-0.2, 0) is 6.42 Å². The Hall–Kier alpha value is -0.790.